The highest BCUT2D eigenvalue weighted by molar-refractivity contribution is 6.30. The Labute approximate surface area is 207 Å². The first kappa shape index (κ1) is 24.6. The van der Waals surface area contributed by atoms with E-state index in [4.69, 9.17) is 26.2 Å². The van der Waals surface area contributed by atoms with E-state index in [-0.39, 0.29) is 12.0 Å². The molecular weight excluding hydrogens is 450 g/mol. The van der Waals surface area contributed by atoms with Crippen LogP contribution in [0.3, 0.4) is 0 Å². The van der Waals surface area contributed by atoms with Crippen molar-refractivity contribution in [3.8, 4) is 23.1 Å². The Hall–Kier alpha value is -2.54. The van der Waals surface area contributed by atoms with Gasteiger partial charge in [-0.1, -0.05) is 31.5 Å². The Morgan fingerprint density at radius 3 is 2.47 bits per heavy atom. The Morgan fingerprint density at radius 2 is 1.85 bits per heavy atom. The molecule has 3 aromatic rings. The molecule has 2 aromatic carbocycles. The van der Waals surface area contributed by atoms with Crippen molar-refractivity contribution >= 4 is 11.6 Å². The molecule has 4 rings (SSSR count). The van der Waals surface area contributed by atoms with E-state index in [0.29, 0.717) is 35.7 Å². The number of aliphatic hydroxyl groups is 1. The van der Waals surface area contributed by atoms with Crippen LogP contribution in [0.25, 0.3) is 5.69 Å². The monoisotopic (exact) mass is 483 g/mol. The number of aliphatic hydroxyl groups excluding tert-OH is 1. The molecular formula is C27H34ClN3O3. The van der Waals surface area contributed by atoms with E-state index >= 15 is 0 Å². The predicted molar refractivity (Wildman–Crippen MR) is 135 cm³/mol. The molecule has 0 bridgehead atoms. The number of rotatable bonds is 11. The van der Waals surface area contributed by atoms with Crippen molar-refractivity contribution in [2.45, 2.75) is 46.3 Å². The van der Waals surface area contributed by atoms with Crippen LogP contribution >= 0.6 is 11.6 Å². The lowest BCUT2D eigenvalue weighted by molar-refractivity contribution is 0.0708. The average Bonchev–Trinajstić information content (AvgIpc) is 3.58. The molecule has 7 heteroatoms. The molecule has 1 aliphatic rings. The van der Waals surface area contributed by atoms with Gasteiger partial charge in [0.05, 0.1) is 30.2 Å². The Bertz CT molecular complexity index is 1090. The van der Waals surface area contributed by atoms with Gasteiger partial charge in [0, 0.05) is 24.7 Å². The molecule has 1 heterocycles. The third-order valence-corrected chi connectivity index (χ3v) is 6.51. The molecule has 6 nitrogen and oxygen atoms in total. The summed E-state index contributed by atoms with van der Waals surface area (Å²) in [5, 5.41) is 16.1. The molecule has 0 aliphatic heterocycles. The van der Waals surface area contributed by atoms with E-state index in [0.717, 1.165) is 29.2 Å². The second-order valence-corrected chi connectivity index (χ2v) is 9.92. The minimum Gasteiger partial charge on any atom is -0.497 e. The number of ether oxygens (including phenoxy) is 2. The molecule has 1 N–H and O–H groups in total. The molecule has 1 atom stereocenters. The standard InChI is InChI=1S/C27H34ClN3O3/c1-18(2)26(32)17-30(15-20-8-9-20)16-25-19(3)29-31(22-7-5-6-21(28)14-22)27(25)34-24-12-10-23(33-4)11-13-24/h5-7,10-14,18,20,26,32H,8-9,15-17H2,1-4H3/t26-/m1/s1. The van der Waals surface area contributed by atoms with Gasteiger partial charge in [-0.2, -0.15) is 5.10 Å². The van der Waals surface area contributed by atoms with Crippen LogP contribution in [0.5, 0.6) is 17.4 Å². The summed E-state index contributed by atoms with van der Waals surface area (Å²) < 4.78 is 13.5. The Morgan fingerprint density at radius 1 is 1.15 bits per heavy atom. The molecule has 1 saturated carbocycles. The summed E-state index contributed by atoms with van der Waals surface area (Å²) >= 11 is 6.29. The summed E-state index contributed by atoms with van der Waals surface area (Å²) in [5.74, 6) is 3.02. The second kappa shape index (κ2) is 10.8. The smallest absolute Gasteiger partial charge is 0.227 e. The molecule has 1 fully saturated rings. The van der Waals surface area contributed by atoms with E-state index in [9.17, 15) is 5.11 Å². The van der Waals surface area contributed by atoms with Gasteiger partial charge in [0.25, 0.3) is 0 Å². The lowest BCUT2D eigenvalue weighted by Gasteiger charge is -2.27. The maximum Gasteiger partial charge on any atom is 0.227 e. The number of aromatic nitrogens is 2. The third kappa shape index (κ3) is 6.12. The van der Waals surface area contributed by atoms with Crippen molar-refractivity contribution in [3.05, 3.63) is 64.8 Å². The zero-order valence-corrected chi connectivity index (χ0v) is 21.1. The average molecular weight is 484 g/mol. The van der Waals surface area contributed by atoms with Gasteiger partial charge in [-0.05, 0) is 74.1 Å². The van der Waals surface area contributed by atoms with E-state index in [2.05, 4.69) is 18.7 Å². The van der Waals surface area contributed by atoms with E-state index in [1.807, 2.05) is 60.1 Å². The van der Waals surface area contributed by atoms with Crippen LogP contribution in [0, 0.1) is 18.8 Å². The topological polar surface area (TPSA) is 59.8 Å². The number of hydrogen-bond donors (Lipinski definition) is 1. The molecule has 0 amide bonds. The quantitative estimate of drug-likeness (QED) is 0.370. The van der Waals surface area contributed by atoms with E-state index < -0.39 is 0 Å². The van der Waals surface area contributed by atoms with Crippen LogP contribution in [0.15, 0.2) is 48.5 Å². The summed E-state index contributed by atoms with van der Waals surface area (Å²) in [6.07, 6.45) is 2.13. The summed E-state index contributed by atoms with van der Waals surface area (Å²) in [6, 6.07) is 15.1. The molecule has 1 aromatic heterocycles. The van der Waals surface area contributed by atoms with Crippen molar-refractivity contribution in [3.63, 3.8) is 0 Å². The fraction of sp³-hybridized carbons (Fsp3) is 0.444. The fourth-order valence-corrected chi connectivity index (χ4v) is 4.12. The van der Waals surface area contributed by atoms with Crippen LogP contribution < -0.4 is 9.47 Å². The molecule has 0 radical (unpaired) electrons. The highest BCUT2D eigenvalue weighted by atomic mass is 35.5. The fourth-order valence-electron chi connectivity index (χ4n) is 3.93. The highest BCUT2D eigenvalue weighted by Gasteiger charge is 2.28. The molecule has 1 aliphatic carbocycles. The van der Waals surface area contributed by atoms with Gasteiger partial charge in [-0.3, -0.25) is 4.90 Å². The largest absolute Gasteiger partial charge is 0.497 e. The van der Waals surface area contributed by atoms with E-state index in [1.165, 1.54) is 12.8 Å². The van der Waals surface area contributed by atoms with Gasteiger partial charge < -0.3 is 14.6 Å². The molecule has 0 saturated heterocycles. The summed E-state index contributed by atoms with van der Waals surface area (Å²) in [6.45, 7) is 8.36. The first-order valence-corrected chi connectivity index (χ1v) is 12.3. The lowest BCUT2D eigenvalue weighted by atomic mass is 10.1. The minimum absolute atomic E-state index is 0.201. The maximum absolute atomic E-state index is 10.6. The van der Waals surface area contributed by atoms with Crippen molar-refractivity contribution in [1.82, 2.24) is 14.7 Å². The first-order chi connectivity index (χ1) is 16.3. The van der Waals surface area contributed by atoms with Crippen LogP contribution in [0.2, 0.25) is 5.02 Å². The zero-order chi connectivity index (χ0) is 24.2. The highest BCUT2D eigenvalue weighted by Crippen LogP contribution is 2.35. The van der Waals surface area contributed by atoms with Gasteiger partial charge in [0.1, 0.15) is 11.5 Å². The number of methoxy groups -OCH3 is 1. The van der Waals surface area contributed by atoms with Crippen molar-refractivity contribution in [2.24, 2.45) is 11.8 Å². The number of nitrogens with zero attached hydrogens (tertiary/aromatic N) is 3. The van der Waals surface area contributed by atoms with Crippen LogP contribution in [0.1, 0.15) is 37.9 Å². The number of hydrogen-bond acceptors (Lipinski definition) is 5. The van der Waals surface area contributed by atoms with Gasteiger partial charge in [0.15, 0.2) is 0 Å². The van der Waals surface area contributed by atoms with Gasteiger partial charge in [-0.15, -0.1) is 0 Å². The minimum atomic E-state index is -0.381. The van der Waals surface area contributed by atoms with Crippen molar-refractivity contribution in [2.75, 3.05) is 20.2 Å². The molecule has 34 heavy (non-hydrogen) atoms. The van der Waals surface area contributed by atoms with Gasteiger partial charge in [0.2, 0.25) is 5.88 Å². The van der Waals surface area contributed by atoms with Crippen molar-refractivity contribution in [1.29, 1.82) is 0 Å². The molecule has 0 unspecified atom stereocenters. The molecule has 182 valence electrons. The first-order valence-electron chi connectivity index (χ1n) is 11.9. The number of halogens is 1. The predicted octanol–water partition coefficient (Wildman–Crippen LogP) is 5.86. The van der Waals surface area contributed by atoms with Gasteiger partial charge >= 0.3 is 0 Å². The lowest BCUT2D eigenvalue weighted by Crippen LogP contribution is -2.36. The number of benzene rings is 2. The second-order valence-electron chi connectivity index (χ2n) is 9.49. The normalized spacial score (nSPS) is 14.6. The Balaban J connectivity index is 1.70. The summed E-state index contributed by atoms with van der Waals surface area (Å²) in [5.41, 5.74) is 2.73. The van der Waals surface area contributed by atoms with Crippen molar-refractivity contribution < 1.29 is 14.6 Å². The maximum atomic E-state index is 10.6. The summed E-state index contributed by atoms with van der Waals surface area (Å²) in [4.78, 5) is 2.34. The summed E-state index contributed by atoms with van der Waals surface area (Å²) in [7, 11) is 1.64. The Kier molecular flexibility index (Phi) is 7.81. The third-order valence-electron chi connectivity index (χ3n) is 6.27. The van der Waals surface area contributed by atoms with Crippen LogP contribution in [-0.4, -0.2) is 46.1 Å². The zero-order valence-electron chi connectivity index (χ0n) is 20.4. The van der Waals surface area contributed by atoms with Gasteiger partial charge in [-0.25, -0.2) is 4.68 Å². The van der Waals surface area contributed by atoms with E-state index in [1.54, 1.807) is 7.11 Å². The van der Waals surface area contributed by atoms with Crippen LogP contribution in [-0.2, 0) is 6.54 Å². The SMILES string of the molecule is COc1ccc(Oc2c(CN(CC3CC3)C[C@@H](O)C(C)C)c(C)nn2-c2cccc(Cl)c2)cc1. The van der Waals surface area contributed by atoms with Crippen LogP contribution in [0.4, 0.5) is 0 Å². The number of aryl methyl sites for hydroxylation is 1. The molecule has 0 spiro atoms.